The first-order valence-corrected chi connectivity index (χ1v) is 9.31. The molecule has 1 N–H and O–H groups in total. The van der Waals surface area contributed by atoms with Gasteiger partial charge in [-0.2, -0.15) is 5.10 Å². The fourth-order valence-electron chi connectivity index (χ4n) is 3.22. The van der Waals surface area contributed by atoms with Gasteiger partial charge >= 0.3 is 6.36 Å². The summed E-state index contributed by atoms with van der Waals surface area (Å²) in [6.45, 7) is 5.49. The second-order valence-electron chi connectivity index (χ2n) is 6.62. The van der Waals surface area contributed by atoms with Gasteiger partial charge < -0.3 is 9.64 Å². The monoisotopic (exact) mass is 409 g/mol. The third-order valence-corrected chi connectivity index (χ3v) is 4.31. The van der Waals surface area contributed by atoms with E-state index >= 15 is 0 Å². The van der Waals surface area contributed by atoms with E-state index in [1.807, 2.05) is 18.7 Å². The van der Waals surface area contributed by atoms with Gasteiger partial charge in [-0.15, -0.1) is 13.2 Å². The Morgan fingerprint density at radius 3 is 2.52 bits per heavy atom. The Morgan fingerprint density at radius 1 is 1.21 bits per heavy atom. The fraction of sp³-hybridized carbons (Fsp3) is 0.421. The Morgan fingerprint density at radius 2 is 1.90 bits per heavy atom. The topological polar surface area (TPSA) is 76.0 Å². The maximum atomic E-state index is 12.7. The molecule has 0 amide bonds. The molecule has 0 fully saturated rings. The highest BCUT2D eigenvalue weighted by Gasteiger charge is 2.31. The minimum absolute atomic E-state index is 0.249. The van der Waals surface area contributed by atoms with Crippen molar-refractivity contribution in [1.82, 2.24) is 19.7 Å². The van der Waals surface area contributed by atoms with E-state index in [1.54, 1.807) is 13.1 Å². The van der Waals surface area contributed by atoms with Crippen LogP contribution in [0.5, 0.6) is 5.75 Å². The van der Waals surface area contributed by atoms with Gasteiger partial charge in [0.05, 0.1) is 0 Å². The van der Waals surface area contributed by atoms with Crippen molar-refractivity contribution in [2.24, 2.45) is 7.05 Å². The number of anilines is 1. The number of H-pyrrole nitrogens is 1. The van der Waals surface area contributed by atoms with Crippen molar-refractivity contribution in [2.75, 3.05) is 18.0 Å². The molecule has 1 aromatic carbocycles. The molecule has 0 aliphatic heterocycles. The zero-order chi connectivity index (χ0) is 21.2. The smallest absolute Gasteiger partial charge is 0.406 e. The van der Waals surface area contributed by atoms with Crippen molar-refractivity contribution in [3.63, 3.8) is 0 Å². The zero-order valence-corrected chi connectivity index (χ0v) is 16.4. The van der Waals surface area contributed by atoms with Gasteiger partial charge in [-0.3, -0.25) is 14.5 Å². The highest BCUT2D eigenvalue weighted by atomic mass is 19.4. The van der Waals surface area contributed by atoms with Gasteiger partial charge in [-0.25, -0.2) is 4.98 Å². The molecule has 7 nitrogen and oxygen atoms in total. The van der Waals surface area contributed by atoms with Crippen LogP contribution in [0.1, 0.15) is 26.7 Å². The van der Waals surface area contributed by atoms with E-state index < -0.39 is 6.36 Å². The van der Waals surface area contributed by atoms with E-state index in [0.717, 1.165) is 12.8 Å². The number of alkyl halides is 3. The molecule has 0 atom stereocenters. The van der Waals surface area contributed by atoms with Gasteiger partial charge in [0.15, 0.2) is 5.52 Å². The molecule has 156 valence electrons. The molecule has 0 spiro atoms. The first kappa shape index (κ1) is 20.7. The first-order chi connectivity index (χ1) is 13.7. The number of aromatic nitrogens is 4. The minimum atomic E-state index is -4.80. The molecular weight excluding hydrogens is 387 g/mol. The van der Waals surface area contributed by atoms with E-state index in [4.69, 9.17) is 0 Å². The molecule has 0 unspecified atom stereocenters. The van der Waals surface area contributed by atoms with Crippen molar-refractivity contribution in [1.29, 1.82) is 0 Å². The summed E-state index contributed by atoms with van der Waals surface area (Å²) in [5.41, 5.74) is 0.909. The second-order valence-corrected chi connectivity index (χ2v) is 6.62. The summed E-state index contributed by atoms with van der Waals surface area (Å²) < 4.78 is 43.1. The van der Waals surface area contributed by atoms with Crippen molar-refractivity contribution in [2.45, 2.75) is 33.1 Å². The molecule has 0 bridgehead atoms. The van der Waals surface area contributed by atoms with Crippen LogP contribution in [0.4, 0.5) is 19.1 Å². The van der Waals surface area contributed by atoms with Crippen LogP contribution in [-0.2, 0) is 7.05 Å². The van der Waals surface area contributed by atoms with E-state index in [9.17, 15) is 18.0 Å². The molecule has 0 saturated heterocycles. The predicted octanol–water partition coefficient (Wildman–Crippen LogP) is 3.85. The normalized spacial score (nSPS) is 11.8. The number of fused-ring (bicyclic) bond motifs is 1. The molecule has 0 radical (unpaired) electrons. The van der Waals surface area contributed by atoms with Gasteiger partial charge in [-0.05, 0) is 25.0 Å². The summed E-state index contributed by atoms with van der Waals surface area (Å²) >= 11 is 0. The average Bonchev–Trinajstić information content (AvgIpc) is 2.97. The lowest BCUT2D eigenvalue weighted by atomic mass is 10.1. The number of halogens is 3. The summed E-state index contributed by atoms with van der Waals surface area (Å²) in [7, 11) is 1.59. The number of rotatable bonds is 7. The Kier molecular flexibility index (Phi) is 5.81. The molecule has 2 aromatic heterocycles. The quantitative estimate of drug-likeness (QED) is 0.642. The fourth-order valence-corrected chi connectivity index (χ4v) is 3.22. The van der Waals surface area contributed by atoms with Crippen LogP contribution in [0.15, 0.2) is 29.1 Å². The summed E-state index contributed by atoms with van der Waals surface area (Å²) in [4.78, 5) is 22.0. The first-order valence-electron chi connectivity index (χ1n) is 9.31. The predicted molar refractivity (Wildman–Crippen MR) is 104 cm³/mol. The standard InChI is InChI=1S/C19H22F3N5O2/c1-4-9-27(10-5-2)18-23-15-14(25-26(3)16(15)17(28)24-18)12-7-6-8-13(11-12)29-19(20,21)22/h6-8,11H,4-5,9-10H2,1-3H3,(H,23,24,28). The number of nitrogens with one attached hydrogen (secondary N) is 1. The van der Waals surface area contributed by atoms with Crippen LogP contribution in [-0.4, -0.2) is 39.2 Å². The van der Waals surface area contributed by atoms with Crippen molar-refractivity contribution in [3.8, 4) is 17.0 Å². The lowest BCUT2D eigenvalue weighted by molar-refractivity contribution is -0.274. The molecule has 0 aliphatic carbocycles. The summed E-state index contributed by atoms with van der Waals surface area (Å²) in [6, 6.07) is 5.47. The Bertz CT molecular complexity index is 1050. The number of aryl methyl sites for hydroxylation is 1. The van der Waals surface area contributed by atoms with Crippen LogP contribution in [0.2, 0.25) is 0 Å². The molecule has 0 aliphatic rings. The minimum Gasteiger partial charge on any atom is -0.406 e. The average molecular weight is 409 g/mol. The number of ether oxygens (including phenoxy) is 1. The van der Waals surface area contributed by atoms with E-state index in [-0.39, 0.29) is 16.8 Å². The molecule has 2 heterocycles. The van der Waals surface area contributed by atoms with Gasteiger partial charge in [0.2, 0.25) is 5.95 Å². The van der Waals surface area contributed by atoms with Crippen molar-refractivity contribution < 1.29 is 17.9 Å². The number of nitrogens with zero attached hydrogens (tertiary/aromatic N) is 4. The van der Waals surface area contributed by atoms with E-state index in [0.29, 0.717) is 35.8 Å². The Balaban J connectivity index is 2.14. The molecule has 29 heavy (non-hydrogen) atoms. The molecule has 10 heteroatoms. The molecule has 0 saturated carbocycles. The van der Waals surface area contributed by atoms with Crippen molar-refractivity contribution in [3.05, 3.63) is 34.6 Å². The van der Waals surface area contributed by atoms with E-state index in [1.165, 1.54) is 22.9 Å². The molecule has 3 rings (SSSR count). The summed E-state index contributed by atoms with van der Waals surface area (Å²) in [5.74, 6) is 0.0561. The van der Waals surface area contributed by atoms with Crippen LogP contribution in [0, 0.1) is 0 Å². The van der Waals surface area contributed by atoms with Crippen LogP contribution in [0.3, 0.4) is 0 Å². The molecule has 3 aromatic rings. The largest absolute Gasteiger partial charge is 0.573 e. The lowest BCUT2D eigenvalue weighted by Gasteiger charge is -2.21. The maximum absolute atomic E-state index is 12.7. The van der Waals surface area contributed by atoms with Crippen LogP contribution in [0.25, 0.3) is 22.3 Å². The number of hydrogen-bond donors (Lipinski definition) is 1. The SMILES string of the molecule is CCCN(CCC)c1nc2c(-c3cccc(OC(F)(F)F)c3)nn(C)c2c(=O)[nH]1. The Hall–Kier alpha value is -3.04. The van der Waals surface area contributed by atoms with E-state index in [2.05, 4.69) is 19.8 Å². The highest BCUT2D eigenvalue weighted by molar-refractivity contribution is 5.90. The highest BCUT2D eigenvalue weighted by Crippen LogP contribution is 2.30. The van der Waals surface area contributed by atoms with Crippen LogP contribution >= 0.6 is 0 Å². The third-order valence-electron chi connectivity index (χ3n) is 4.31. The van der Waals surface area contributed by atoms with Gasteiger partial charge in [0.25, 0.3) is 5.56 Å². The van der Waals surface area contributed by atoms with Gasteiger partial charge in [0, 0.05) is 25.7 Å². The maximum Gasteiger partial charge on any atom is 0.573 e. The molecular formula is C19H22F3N5O2. The van der Waals surface area contributed by atoms with Crippen LogP contribution < -0.4 is 15.2 Å². The number of benzene rings is 1. The lowest BCUT2D eigenvalue weighted by Crippen LogP contribution is -2.29. The summed E-state index contributed by atoms with van der Waals surface area (Å²) in [6.07, 6.45) is -3.05. The van der Waals surface area contributed by atoms with Gasteiger partial charge in [-0.1, -0.05) is 26.0 Å². The van der Waals surface area contributed by atoms with Crippen molar-refractivity contribution >= 4 is 17.0 Å². The second kappa shape index (κ2) is 8.14. The summed E-state index contributed by atoms with van der Waals surface area (Å²) in [5, 5.41) is 4.33. The van der Waals surface area contributed by atoms with Gasteiger partial charge in [0.1, 0.15) is 17.0 Å². The zero-order valence-electron chi connectivity index (χ0n) is 16.4. The number of aromatic amines is 1. The number of hydrogen-bond acceptors (Lipinski definition) is 5. The third kappa shape index (κ3) is 4.52. The Labute approximate surface area is 165 Å².